The number of piperidine rings is 1. The first-order valence-electron chi connectivity index (χ1n) is 8.39. The molecule has 1 saturated heterocycles. The summed E-state index contributed by atoms with van der Waals surface area (Å²) in [5.41, 5.74) is 3.45. The van der Waals surface area contributed by atoms with Gasteiger partial charge in [-0.15, -0.1) is 0 Å². The zero-order valence-electron chi connectivity index (χ0n) is 13.1. The van der Waals surface area contributed by atoms with Gasteiger partial charge >= 0.3 is 0 Å². The van der Waals surface area contributed by atoms with Crippen LogP contribution in [0.2, 0.25) is 0 Å². The molecule has 1 atom stereocenters. The Morgan fingerprint density at radius 1 is 0.818 bits per heavy atom. The molecule has 0 aromatic heterocycles. The lowest BCUT2D eigenvalue weighted by Crippen LogP contribution is -2.31. The Morgan fingerprint density at radius 2 is 1.45 bits per heavy atom. The summed E-state index contributed by atoms with van der Waals surface area (Å²) in [6, 6.07) is 18.7. The Bertz CT molecular complexity index is 558. The molecule has 22 heavy (non-hydrogen) atoms. The third-order valence-corrected chi connectivity index (χ3v) is 4.57. The molecule has 0 aliphatic carbocycles. The monoisotopic (exact) mass is 295 g/mol. The molecule has 1 fully saturated rings. The normalized spacial score (nSPS) is 17.3. The van der Waals surface area contributed by atoms with E-state index in [9.17, 15) is 5.11 Å². The fraction of sp³-hybridized carbons (Fsp3) is 0.400. The third-order valence-electron chi connectivity index (χ3n) is 4.57. The molecule has 0 radical (unpaired) electrons. The first kappa shape index (κ1) is 15.3. The number of hydrogen-bond acceptors (Lipinski definition) is 2. The minimum Gasteiger partial charge on any atom is -0.388 e. The van der Waals surface area contributed by atoms with Gasteiger partial charge in [-0.05, 0) is 49.0 Å². The van der Waals surface area contributed by atoms with Gasteiger partial charge in [0.05, 0.1) is 6.10 Å². The van der Waals surface area contributed by atoms with Gasteiger partial charge in [-0.3, -0.25) is 0 Å². The lowest BCUT2D eigenvalue weighted by Gasteiger charge is -2.27. The summed E-state index contributed by atoms with van der Waals surface area (Å²) < 4.78 is 0. The van der Waals surface area contributed by atoms with Crippen molar-refractivity contribution in [2.45, 2.75) is 31.8 Å². The highest BCUT2D eigenvalue weighted by molar-refractivity contribution is 5.63. The molecule has 2 heteroatoms. The van der Waals surface area contributed by atoms with Crippen LogP contribution in [-0.4, -0.2) is 29.6 Å². The SMILES string of the molecule is O[C@@H](CCN1CCCCC1)c1ccc(-c2ccccc2)cc1. The maximum atomic E-state index is 10.4. The largest absolute Gasteiger partial charge is 0.388 e. The molecule has 116 valence electrons. The van der Waals surface area contributed by atoms with E-state index >= 15 is 0 Å². The molecule has 3 rings (SSSR count). The van der Waals surface area contributed by atoms with Crippen LogP contribution in [0.5, 0.6) is 0 Å². The minimum absolute atomic E-state index is 0.355. The van der Waals surface area contributed by atoms with Gasteiger partial charge in [-0.1, -0.05) is 61.0 Å². The maximum Gasteiger partial charge on any atom is 0.0802 e. The number of hydrogen-bond donors (Lipinski definition) is 1. The van der Waals surface area contributed by atoms with E-state index in [1.54, 1.807) is 0 Å². The second-order valence-electron chi connectivity index (χ2n) is 6.19. The lowest BCUT2D eigenvalue weighted by atomic mass is 10.0. The van der Waals surface area contributed by atoms with Crippen LogP contribution < -0.4 is 0 Å². The van der Waals surface area contributed by atoms with Crippen LogP contribution in [0.3, 0.4) is 0 Å². The first-order chi connectivity index (χ1) is 10.8. The molecule has 2 aromatic carbocycles. The summed E-state index contributed by atoms with van der Waals surface area (Å²) in [5.74, 6) is 0. The van der Waals surface area contributed by atoms with Crippen LogP contribution in [0.4, 0.5) is 0 Å². The van der Waals surface area contributed by atoms with Crippen molar-refractivity contribution in [3.8, 4) is 11.1 Å². The fourth-order valence-corrected chi connectivity index (χ4v) is 3.18. The first-order valence-corrected chi connectivity index (χ1v) is 8.39. The third kappa shape index (κ3) is 3.96. The molecular weight excluding hydrogens is 270 g/mol. The molecular formula is C20H25NO. The van der Waals surface area contributed by atoms with Gasteiger partial charge in [0, 0.05) is 6.54 Å². The summed E-state index contributed by atoms with van der Waals surface area (Å²) in [7, 11) is 0. The average molecular weight is 295 g/mol. The van der Waals surface area contributed by atoms with Crippen molar-refractivity contribution in [1.29, 1.82) is 0 Å². The number of benzene rings is 2. The summed E-state index contributed by atoms with van der Waals surface area (Å²) in [6.45, 7) is 3.39. The van der Waals surface area contributed by atoms with Crippen molar-refractivity contribution < 1.29 is 5.11 Å². The van der Waals surface area contributed by atoms with Gasteiger partial charge < -0.3 is 10.0 Å². The number of rotatable bonds is 5. The van der Waals surface area contributed by atoms with Gasteiger partial charge in [-0.25, -0.2) is 0 Å². The molecule has 1 aliphatic rings. The minimum atomic E-state index is -0.355. The fourth-order valence-electron chi connectivity index (χ4n) is 3.18. The molecule has 2 aromatic rings. The highest BCUT2D eigenvalue weighted by Crippen LogP contribution is 2.23. The van der Waals surface area contributed by atoms with E-state index in [0.29, 0.717) is 0 Å². The molecule has 0 amide bonds. The van der Waals surface area contributed by atoms with E-state index in [1.165, 1.54) is 43.5 Å². The smallest absolute Gasteiger partial charge is 0.0802 e. The van der Waals surface area contributed by atoms with Crippen LogP contribution >= 0.6 is 0 Å². The van der Waals surface area contributed by atoms with Gasteiger partial charge in [0.15, 0.2) is 0 Å². The van der Waals surface area contributed by atoms with Crippen molar-refractivity contribution in [3.63, 3.8) is 0 Å². The van der Waals surface area contributed by atoms with Gasteiger partial charge in [-0.2, -0.15) is 0 Å². The van der Waals surface area contributed by atoms with Crippen molar-refractivity contribution in [2.24, 2.45) is 0 Å². The van der Waals surface area contributed by atoms with Crippen molar-refractivity contribution >= 4 is 0 Å². The quantitative estimate of drug-likeness (QED) is 0.890. The zero-order valence-corrected chi connectivity index (χ0v) is 13.1. The zero-order chi connectivity index (χ0) is 15.2. The van der Waals surface area contributed by atoms with E-state index in [4.69, 9.17) is 0 Å². The maximum absolute atomic E-state index is 10.4. The molecule has 0 saturated carbocycles. The van der Waals surface area contributed by atoms with Crippen molar-refractivity contribution in [2.75, 3.05) is 19.6 Å². The summed E-state index contributed by atoms with van der Waals surface area (Å²) >= 11 is 0. The lowest BCUT2D eigenvalue weighted by molar-refractivity contribution is 0.134. The molecule has 0 bridgehead atoms. The second-order valence-corrected chi connectivity index (χ2v) is 6.19. The Morgan fingerprint density at radius 3 is 2.14 bits per heavy atom. The number of nitrogens with zero attached hydrogens (tertiary/aromatic N) is 1. The molecule has 1 aliphatic heterocycles. The van der Waals surface area contributed by atoms with Crippen LogP contribution in [0.25, 0.3) is 11.1 Å². The number of aliphatic hydroxyl groups excluding tert-OH is 1. The topological polar surface area (TPSA) is 23.5 Å². The Labute approximate surface area is 133 Å². The van der Waals surface area contributed by atoms with E-state index in [1.807, 2.05) is 6.07 Å². The molecule has 2 nitrogen and oxygen atoms in total. The highest BCUT2D eigenvalue weighted by Gasteiger charge is 2.13. The molecule has 0 unspecified atom stereocenters. The van der Waals surface area contributed by atoms with Gasteiger partial charge in [0.2, 0.25) is 0 Å². The predicted molar refractivity (Wildman–Crippen MR) is 91.7 cm³/mol. The van der Waals surface area contributed by atoms with Crippen LogP contribution in [0.15, 0.2) is 54.6 Å². The van der Waals surface area contributed by atoms with Gasteiger partial charge in [0.1, 0.15) is 0 Å². The predicted octanol–water partition coefficient (Wildman–Crippen LogP) is 4.26. The van der Waals surface area contributed by atoms with E-state index in [0.717, 1.165) is 18.5 Å². The van der Waals surface area contributed by atoms with Crippen LogP contribution in [-0.2, 0) is 0 Å². The molecule has 1 heterocycles. The average Bonchev–Trinajstić information content (AvgIpc) is 2.61. The molecule has 1 N–H and O–H groups in total. The van der Waals surface area contributed by atoms with E-state index in [2.05, 4.69) is 53.4 Å². The Kier molecular flexibility index (Phi) is 5.25. The second kappa shape index (κ2) is 7.57. The summed E-state index contributed by atoms with van der Waals surface area (Å²) in [5, 5.41) is 10.4. The number of aliphatic hydroxyl groups is 1. The van der Waals surface area contributed by atoms with E-state index in [-0.39, 0.29) is 6.10 Å². The Hall–Kier alpha value is -1.64. The van der Waals surface area contributed by atoms with Crippen molar-refractivity contribution in [3.05, 3.63) is 60.2 Å². The van der Waals surface area contributed by atoms with Crippen molar-refractivity contribution in [1.82, 2.24) is 4.90 Å². The van der Waals surface area contributed by atoms with E-state index < -0.39 is 0 Å². The Balaban J connectivity index is 1.57. The standard InChI is InChI=1S/C20H25NO/c22-20(13-16-21-14-5-2-6-15-21)19-11-9-18(10-12-19)17-7-3-1-4-8-17/h1,3-4,7-12,20,22H,2,5-6,13-16H2/t20-/m0/s1. The number of likely N-dealkylation sites (tertiary alicyclic amines) is 1. The molecule has 0 spiro atoms. The highest BCUT2D eigenvalue weighted by atomic mass is 16.3. The van der Waals surface area contributed by atoms with Crippen LogP contribution in [0.1, 0.15) is 37.4 Å². The summed E-state index contributed by atoms with van der Waals surface area (Å²) in [6.07, 6.45) is 4.45. The van der Waals surface area contributed by atoms with Crippen LogP contribution in [0, 0.1) is 0 Å². The summed E-state index contributed by atoms with van der Waals surface area (Å²) in [4.78, 5) is 2.48. The van der Waals surface area contributed by atoms with Gasteiger partial charge in [0.25, 0.3) is 0 Å².